The van der Waals surface area contributed by atoms with Crippen LogP contribution in [0.3, 0.4) is 0 Å². The first-order valence-electron chi connectivity index (χ1n) is 3.75. The van der Waals surface area contributed by atoms with Gasteiger partial charge in [0.05, 0.1) is 18.5 Å². The smallest absolute Gasteiger partial charge is 0.141 e. The van der Waals surface area contributed by atoms with Gasteiger partial charge in [-0.2, -0.15) is 0 Å². The molecule has 0 aromatic carbocycles. The van der Waals surface area contributed by atoms with Gasteiger partial charge in [0, 0.05) is 13.1 Å². The van der Waals surface area contributed by atoms with E-state index < -0.39 is 0 Å². The third-order valence-corrected chi connectivity index (χ3v) is 1.38. The molecule has 2 N–H and O–H groups in total. The van der Waals surface area contributed by atoms with Crippen LogP contribution in [0.5, 0.6) is 0 Å². The summed E-state index contributed by atoms with van der Waals surface area (Å²) in [5.74, 6) is -0.332. The van der Waals surface area contributed by atoms with E-state index in [1.807, 2.05) is 0 Å². The molecule has 0 spiro atoms. The minimum absolute atomic E-state index is 0.0984. The van der Waals surface area contributed by atoms with E-state index in [-0.39, 0.29) is 12.4 Å². The SMILES string of the molecule is OCCNCc1ccc(F)cn1. The first kappa shape index (κ1) is 9.09. The van der Waals surface area contributed by atoms with Crippen LogP contribution in [0.25, 0.3) is 0 Å². The number of aliphatic hydroxyl groups is 1. The van der Waals surface area contributed by atoms with Gasteiger partial charge in [0.25, 0.3) is 0 Å². The van der Waals surface area contributed by atoms with Gasteiger partial charge in [0.15, 0.2) is 0 Å². The van der Waals surface area contributed by atoms with Crippen LogP contribution in [-0.4, -0.2) is 23.2 Å². The Kier molecular flexibility index (Phi) is 3.63. The van der Waals surface area contributed by atoms with Gasteiger partial charge in [0.1, 0.15) is 5.82 Å². The number of pyridine rings is 1. The molecule has 3 nitrogen and oxygen atoms in total. The summed E-state index contributed by atoms with van der Waals surface area (Å²) < 4.78 is 12.4. The van der Waals surface area contributed by atoms with Crippen molar-refractivity contribution >= 4 is 0 Å². The average Bonchev–Trinajstić information content (AvgIpc) is 2.09. The van der Waals surface area contributed by atoms with Crippen LogP contribution in [0.15, 0.2) is 18.3 Å². The van der Waals surface area contributed by atoms with Crippen molar-refractivity contribution in [2.45, 2.75) is 6.54 Å². The van der Waals surface area contributed by atoms with Crippen LogP contribution >= 0.6 is 0 Å². The van der Waals surface area contributed by atoms with E-state index in [1.54, 1.807) is 6.07 Å². The molecule has 1 aromatic rings. The molecular weight excluding hydrogens is 159 g/mol. The number of halogens is 1. The van der Waals surface area contributed by atoms with E-state index in [9.17, 15) is 4.39 Å². The molecule has 1 heterocycles. The number of aliphatic hydroxyl groups excluding tert-OH is 1. The standard InChI is InChI=1S/C8H11FN2O/c9-7-1-2-8(11-5-7)6-10-3-4-12/h1-2,5,10,12H,3-4,6H2. The van der Waals surface area contributed by atoms with Crippen LogP contribution in [-0.2, 0) is 6.54 Å². The number of rotatable bonds is 4. The summed E-state index contributed by atoms with van der Waals surface area (Å²) in [5, 5.41) is 11.4. The number of hydrogen-bond donors (Lipinski definition) is 2. The fraction of sp³-hybridized carbons (Fsp3) is 0.375. The molecule has 4 heteroatoms. The lowest BCUT2D eigenvalue weighted by molar-refractivity contribution is 0.291. The molecule has 0 atom stereocenters. The van der Waals surface area contributed by atoms with E-state index in [0.29, 0.717) is 13.1 Å². The average molecular weight is 170 g/mol. The summed E-state index contributed by atoms with van der Waals surface area (Å²) in [7, 11) is 0. The van der Waals surface area contributed by atoms with Gasteiger partial charge >= 0.3 is 0 Å². The predicted octanol–water partition coefficient (Wildman–Crippen LogP) is 0.303. The van der Waals surface area contributed by atoms with Crippen molar-refractivity contribution in [2.24, 2.45) is 0 Å². The first-order valence-corrected chi connectivity index (χ1v) is 3.75. The lowest BCUT2D eigenvalue weighted by Gasteiger charge is -2.00. The minimum atomic E-state index is -0.332. The van der Waals surface area contributed by atoms with Crippen molar-refractivity contribution in [3.8, 4) is 0 Å². The zero-order valence-electron chi connectivity index (χ0n) is 6.63. The van der Waals surface area contributed by atoms with Gasteiger partial charge in [-0.15, -0.1) is 0 Å². The molecule has 0 fully saturated rings. The zero-order valence-corrected chi connectivity index (χ0v) is 6.63. The molecule has 0 aliphatic carbocycles. The van der Waals surface area contributed by atoms with Gasteiger partial charge in [-0.3, -0.25) is 4.98 Å². The third kappa shape index (κ3) is 2.94. The van der Waals surface area contributed by atoms with Gasteiger partial charge < -0.3 is 10.4 Å². The van der Waals surface area contributed by atoms with Crippen LogP contribution < -0.4 is 5.32 Å². The van der Waals surface area contributed by atoms with Crippen LogP contribution in [0.1, 0.15) is 5.69 Å². The fourth-order valence-electron chi connectivity index (χ4n) is 0.807. The molecule has 12 heavy (non-hydrogen) atoms. The lowest BCUT2D eigenvalue weighted by Crippen LogP contribution is -2.18. The molecule has 0 bridgehead atoms. The van der Waals surface area contributed by atoms with Gasteiger partial charge in [-0.1, -0.05) is 0 Å². The number of aromatic nitrogens is 1. The summed E-state index contributed by atoms with van der Waals surface area (Å²) >= 11 is 0. The lowest BCUT2D eigenvalue weighted by atomic mass is 10.3. The molecule has 0 aliphatic heterocycles. The number of nitrogens with zero attached hydrogens (tertiary/aromatic N) is 1. The summed E-state index contributed by atoms with van der Waals surface area (Å²) in [5.41, 5.74) is 0.768. The monoisotopic (exact) mass is 170 g/mol. The Hall–Kier alpha value is -1.00. The Morgan fingerprint density at radius 1 is 1.50 bits per heavy atom. The van der Waals surface area contributed by atoms with Crippen molar-refractivity contribution in [1.29, 1.82) is 0 Å². The Labute approximate surface area is 70.3 Å². The summed E-state index contributed by atoms with van der Waals surface area (Å²) in [4.78, 5) is 3.83. The molecular formula is C8H11FN2O. The summed E-state index contributed by atoms with van der Waals surface area (Å²) in [6.45, 7) is 1.18. The molecule has 1 rings (SSSR count). The Bertz CT molecular complexity index is 225. The molecule has 0 aliphatic rings. The quantitative estimate of drug-likeness (QED) is 0.639. The van der Waals surface area contributed by atoms with Crippen molar-refractivity contribution in [3.63, 3.8) is 0 Å². The molecule has 66 valence electrons. The maximum absolute atomic E-state index is 12.4. The predicted molar refractivity (Wildman–Crippen MR) is 43.0 cm³/mol. The van der Waals surface area contributed by atoms with E-state index in [4.69, 9.17) is 5.11 Å². The number of nitrogens with one attached hydrogen (secondary N) is 1. The highest BCUT2D eigenvalue weighted by atomic mass is 19.1. The fourth-order valence-corrected chi connectivity index (χ4v) is 0.807. The summed E-state index contributed by atoms with van der Waals surface area (Å²) in [6.07, 6.45) is 1.18. The number of hydrogen-bond acceptors (Lipinski definition) is 3. The van der Waals surface area contributed by atoms with E-state index >= 15 is 0 Å². The molecule has 0 amide bonds. The van der Waals surface area contributed by atoms with Gasteiger partial charge in [-0.05, 0) is 12.1 Å². The van der Waals surface area contributed by atoms with Gasteiger partial charge in [0.2, 0.25) is 0 Å². The van der Waals surface area contributed by atoms with Crippen LogP contribution in [0.2, 0.25) is 0 Å². The van der Waals surface area contributed by atoms with E-state index in [1.165, 1.54) is 12.3 Å². The van der Waals surface area contributed by atoms with Crippen molar-refractivity contribution < 1.29 is 9.50 Å². The second kappa shape index (κ2) is 4.79. The van der Waals surface area contributed by atoms with Crippen LogP contribution in [0.4, 0.5) is 4.39 Å². The largest absolute Gasteiger partial charge is 0.395 e. The molecule has 1 aromatic heterocycles. The topological polar surface area (TPSA) is 45.1 Å². The zero-order chi connectivity index (χ0) is 8.81. The summed E-state index contributed by atoms with van der Waals surface area (Å²) in [6, 6.07) is 2.97. The Balaban J connectivity index is 2.37. The van der Waals surface area contributed by atoms with Crippen molar-refractivity contribution in [2.75, 3.05) is 13.2 Å². The van der Waals surface area contributed by atoms with Crippen molar-refractivity contribution in [1.82, 2.24) is 10.3 Å². The third-order valence-electron chi connectivity index (χ3n) is 1.38. The molecule has 0 radical (unpaired) electrons. The minimum Gasteiger partial charge on any atom is -0.395 e. The highest BCUT2D eigenvalue weighted by Crippen LogP contribution is 1.96. The first-order chi connectivity index (χ1) is 5.83. The normalized spacial score (nSPS) is 10.2. The second-order valence-electron chi connectivity index (χ2n) is 2.37. The maximum Gasteiger partial charge on any atom is 0.141 e. The van der Waals surface area contributed by atoms with Crippen LogP contribution in [0, 0.1) is 5.82 Å². The van der Waals surface area contributed by atoms with Crippen molar-refractivity contribution in [3.05, 3.63) is 29.8 Å². The molecule has 0 saturated heterocycles. The maximum atomic E-state index is 12.4. The molecule has 0 unspecified atom stereocenters. The highest BCUT2D eigenvalue weighted by Gasteiger charge is 1.93. The van der Waals surface area contributed by atoms with Gasteiger partial charge in [-0.25, -0.2) is 4.39 Å². The van der Waals surface area contributed by atoms with E-state index in [2.05, 4.69) is 10.3 Å². The Morgan fingerprint density at radius 3 is 2.92 bits per heavy atom. The Morgan fingerprint density at radius 2 is 2.33 bits per heavy atom. The second-order valence-corrected chi connectivity index (χ2v) is 2.37. The highest BCUT2D eigenvalue weighted by molar-refractivity contribution is 5.04. The molecule has 0 saturated carbocycles. The van der Waals surface area contributed by atoms with E-state index in [0.717, 1.165) is 5.69 Å².